The summed E-state index contributed by atoms with van der Waals surface area (Å²) in [7, 11) is -1.84. The molecule has 0 aliphatic carbocycles. The van der Waals surface area contributed by atoms with Crippen LogP contribution in [0.15, 0.2) is 30.3 Å². The molecule has 0 radical (unpaired) electrons. The summed E-state index contributed by atoms with van der Waals surface area (Å²) in [5.74, 6) is 5.88. The van der Waals surface area contributed by atoms with Gasteiger partial charge < -0.3 is 0 Å². The van der Waals surface area contributed by atoms with Crippen LogP contribution in [0.2, 0.25) is 19.1 Å². The van der Waals surface area contributed by atoms with Crippen molar-refractivity contribution < 1.29 is 4.79 Å². The van der Waals surface area contributed by atoms with Gasteiger partial charge in [0, 0.05) is 5.56 Å². The highest BCUT2D eigenvalue weighted by atomic mass is 28.3. The van der Waals surface area contributed by atoms with Crippen molar-refractivity contribution in [3.8, 4) is 11.8 Å². The quantitative estimate of drug-likeness (QED) is 0.366. The highest BCUT2D eigenvalue weighted by Gasteiger charge is 2.28. The van der Waals surface area contributed by atoms with Crippen LogP contribution in [0.5, 0.6) is 0 Å². The smallest absolute Gasteiger partial charge is 0.180 e. The zero-order chi connectivity index (χ0) is 15.6. The van der Waals surface area contributed by atoms with E-state index in [-0.39, 0.29) is 5.41 Å². The van der Waals surface area contributed by atoms with Gasteiger partial charge in [0.25, 0.3) is 0 Å². The third kappa shape index (κ3) is 7.29. The van der Waals surface area contributed by atoms with E-state index in [4.69, 9.17) is 0 Å². The number of unbranched alkanes of at least 4 members (excludes halogenated alkanes) is 5. The van der Waals surface area contributed by atoms with Gasteiger partial charge in [0.05, 0.1) is 0 Å². The lowest BCUT2D eigenvalue weighted by molar-refractivity contribution is -0.108. The van der Waals surface area contributed by atoms with Gasteiger partial charge in [-0.1, -0.05) is 82.7 Å². The molecule has 0 saturated carbocycles. The van der Waals surface area contributed by atoms with Gasteiger partial charge in [0.2, 0.25) is 0 Å². The first-order valence-electron chi connectivity index (χ1n) is 8.18. The van der Waals surface area contributed by atoms with Crippen LogP contribution in [-0.2, 0) is 4.79 Å². The molecule has 0 aliphatic heterocycles. The summed E-state index contributed by atoms with van der Waals surface area (Å²) in [5, 5.41) is 0.194. The minimum Gasteiger partial charge on any atom is -0.291 e. The number of carbonyl (C=O) groups excluding carboxylic acids is 1. The molecule has 21 heavy (non-hydrogen) atoms. The second-order valence-corrected chi connectivity index (χ2v) is 11.1. The predicted octanol–water partition coefficient (Wildman–Crippen LogP) is 5.22. The maximum Gasteiger partial charge on any atom is 0.180 e. The normalized spacial score (nSPS) is 10.8. The van der Waals surface area contributed by atoms with Crippen LogP contribution in [0, 0.1) is 11.8 Å². The second kappa shape index (κ2) is 9.58. The van der Waals surface area contributed by atoms with Crippen molar-refractivity contribution in [1.82, 2.24) is 0 Å². The largest absolute Gasteiger partial charge is 0.291 e. The van der Waals surface area contributed by atoms with E-state index in [0.717, 1.165) is 11.6 Å². The Bertz CT molecular complexity index is 479. The van der Waals surface area contributed by atoms with Crippen LogP contribution in [0.1, 0.15) is 51.0 Å². The lowest BCUT2D eigenvalue weighted by Crippen LogP contribution is -2.36. The Kier molecular flexibility index (Phi) is 8.08. The van der Waals surface area contributed by atoms with Crippen molar-refractivity contribution in [2.75, 3.05) is 0 Å². The Morgan fingerprint density at radius 1 is 1.00 bits per heavy atom. The predicted molar refractivity (Wildman–Crippen MR) is 94.0 cm³/mol. The average molecular weight is 301 g/mol. The lowest BCUT2D eigenvalue weighted by atomic mass is 10.1. The molecule has 0 aliphatic rings. The monoisotopic (exact) mass is 300 g/mol. The van der Waals surface area contributed by atoms with Gasteiger partial charge in [0.15, 0.2) is 5.41 Å². The molecule has 0 saturated heterocycles. The van der Waals surface area contributed by atoms with Gasteiger partial charge in [-0.05, 0) is 24.1 Å². The van der Waals surface area contributed by atoms with Gasteiger partial charge in [-0.2, -0.15) is 0 Å². The fraction of sp³-hybridized carbons (Fsp3) is 0.526. The summed E-state index contributed by atoms with van der Waals surface area (Å²) in [6, 6.07) is 10.8. The molecule has 114 valence electrons. The number of hydrogen-bond donors (Lipinski definition) is 0. The van der Waals surface area contributed by atoms with Crippen molar-refractivity contribution in [3.63, 3.8) is 0 Å². The lowest BCUT2D eigenvalue weighted by Gasteiger charge is -2.16. The molecule has 1 nitrogen and oxygen atoms in total. The molecule has 1 aromatic carbocycles. The fourth-order valence-electron chi connectivity index (χ4n) is 2.28. The molecule has 0 unspecified atom stereocenters. The van der Waals surface area contributed by atoms with Gasteiger partial charge in [-0.15, -0.1) is 0 Å². The van der Waals surface area contributed by atoms with E-state index < -0.39 is 8.07 Å². The summed E-state index contributed by atoms with van der Waals surface area (Å²) >= 11 is 0. The van der Waals surface area contributed by atoms with Gasteiger partial charge in [-0.25, -0.2) is 0 Å². The van der Waals surface area contributed by atoms with Crippen molar-refractivity contribution in [2.24, 2.45) is 0 Å². The van der Waals surface area contributed by atoms with E-state index >= 15 is 0 Å². The van der Waals surface area contributed by atoms with E-state index in [2.05, 4.69) is 31.9 Å². The number of carbonyl (C=O) groups is 1. The fourth-order valence-corrected chi connectivity index (χ4v) is 4.04. The molecule has 1 rings (SSSR count). The second-order valence-electron chi connectivity index (χ2n) is 6.35. The Morgan fingerprint density at radius 2 is 1.62 bits per heavy atom. The van der Waals surface area contributed by atoms with Crippen LogP contribution >= 0.6 is 0 Å². The average Bonchev–Trinajstić information content (AvgIpc) is 2.49. The zero-order valence-corrected chi connectivity index (χ0v) is 14.7. The summed E-state index contributed by atoms with van der Waals surface area (Å²) in [6.07, 6.45) is 7.70. The third-order valence-electron chi connectivity index (χ3n) is 3.86. The van der Waals surface area contributed by atoms with E-state index in [1.807, 2.05) is 30.3 Å². The van der Waals surface area contributed by atoms with Gasteiger partial charge in [0.1, 0.15) is 8.07 Å². The molecule has 2 heteroatoms. The van der Waals surface area contributed by atoms with Crippen LogP contribution in [0.25, 0.3) is 0 Å². The SMILES string of the molecule is CCCCCCCC[Si](C)(C)C(=O)C#Cc1ccccc1. The zero-order valence-electron chi connectivity index (χ0n) is 13.7. The van der Waals surface area contributed by atoms with E-state index in [1.54, 1.807) is 0 Å². The van der Waals surface area contributed by atoms with Gasteiger partial charge >= 0.3 is 0 Å². The van der Waals surface area contributed by atoms with Gasteiger partial charge in [-0.3, -0.25) is 4.79 Å². The molecular weight excluding hydrogens is 272 g/mol. The van der Waals surface area contributed by atoms with Crippen molar-refractivity contribution in [2.45, 2.75) is 64.6 Å². The Balaban J connectivity index is 2.39. The molecule has 0 bridgehead atoms. The molecule has 0 fully saturated rings. The molecule has 0 spiro atoms. The Morgan fingerprint density at radius 3 is 2.29 bits per heavy atom. The molecule has 0 aromatic heterocycles. The highest BCUT2D eigenvalue weighted by molar-refractivity contribution is 7.06. The van der Waals surface area contributed by atoms with Crippen molar-refractivity contribution >= 4 is 13.5 Å². The summed E-state index contributed by atoms with van der Waals surface area (Å²) in [4.78, 5) is 12.3. The summed E-state index contributed by atoms with van der Waals surface area (Å²) in [6.45, 7) is 6.54. The Hall–Kier alpha value is -1.33. The molecule has 0 heterocycles. The first-order valence-corrected chi connectivity index (χ1v) is 11.4. The van der Waals surface area contributed by atoms with E-state index in [9.17, 15) is 4.79 Å². The minimum atomic E-state index is -1.84. The number of benzene rings is 1. The minimum absolute atomic E-state index is 0.194. The molecule has 0 atom stereocenters. The highest BCUT2D eigenvalue weighted by Crippen LogP contribution is 2.17. The number of hydrogen-bond acceptors (Lipinski definition) is 1. The van der Waals surface area contributed by atoms with Crippen molar-refractivity contribution in [1.29, 1.82) is 0 Å². The Labute approximate surface area is 131 Å². The maximum atomic E-state index is 12.3. The first-order chi connectivity index (χ1) is 10.1. The molecule has 1 aromatic rings. The topological polar surface area (TPSA) is 17.1 Å². The van der Waals surface area contributed by atoms with Crippen molar-refractivity contribution in [3.05, 3.63) is 35.9 Å². The standard InChI is InChI=1S/C19H28OSi/c1-4-5-6-7-8-12-17-21(2,3)19(20)16-15-18-13-10-9-11-14-18/h9-11,13-14H,4-8,12,17H2,1-3H3. The van der Waals surface area contributed by atoms with Crippen LogP contribution in [0.3, 0.4) is 0 Å². The van der Waals surface area contributed by atoms with Crippen LogP contribution < -0.4 is 0 Å². The van der Waals surface area contributed by atoms with Crippen LogP contribution in [-0.4, -0.2) is 13.5 Å². The van der Waals surface area contributed by atoms with Crippen LogP contribution in [0.4, 0.5) is 0 Å². The first kappa shape index (κ1) is 17.7. The molecule has 0 amide bonds. The molecule has 0 N–H and O–H groups in total. The van der Waals surface area contributed by atoms with E-state index in [0.29, 0.717) is 0 Å². The summed E-state index contributed by atoms with van der Waals surface area (Å²) in [5.41, 5.74) is 0.926. The van der Waals surface area contributed by atoms with E-state index in [1.165, 1.54) is 38.5 Å². The third-order valence-corrected chi connectivity index (χ3v) is 6.82. The number of rotatable bonds is 8. The molecular formula is C19H28OSi. The maximum absolute atomic E-state index is 12.3. The summed E-state index contributed by atoms with van der Waals surface area (Å²) < 4.78 is 0.